The molecule has 0 aliphatic rings. The van der Waals surface area contributed by atoms with Crippen LogP contribution in [0.15, 0.2) is 67.4 Å². The van der Waals surface area contributed by atoms with Gasteiger partial charge in [-0.15, -0.1) is 0 Å². The molecule has 0 fully saturated rings. The van der Waals surface area contributed by atoms with Crippen LogP contribution in [0, 0.1) is 0 Å². The number of aromatic nitrogens is 3. The average molecular weight is 342 g/mol. The summed E-state index contributed by atoms with van der Waals surface area (Å²) in [6.07, 6.45) is 10.4. The molecule has 1 aromatic carbocycles. The summed E-state index contributed by atoms with van der Waals surface area (Å²) in [4.78, 5) is 15.5. The predicted molar refractivity (Wildman–Crippen MR) is 92.7 cm³/mol. The Balaban J connectivity index is 2.04. The molecular formula is C18H16ClN3O2. The number of halogens is 1. The Morgan fingerprint density at radius 3 is 2.71 bits per heavy atom. The van der Waals surface area contributed by atoms with E-state index in [1.807, 2.05) is 57.9 Å². The van der Waals surface area contributed by atoms with Gasteiger partial charge in [-0.25, -0.2) is 9.78 Å². The lowest BCUT2D eigenvalue weighted by molar-refractivity contribution is -0.134. The van der Waals surface area contributed by atoms with Gasteiger partial charge in [0.25, 0.3) is 0 Å². The molecular weight excluding hydrogens is 326 g/mol. The van der Waals surface area contributed by atoms with Crippen molar-refractivity contribution in [1.82, 2.24) is 14.1 Å². The number of carbonyl (C=O) groups excluding carboxylic acids is 1. The zero-order valence-corrected chi connectivity index (χ0v) is 13.8. The molecule has 2 aromatic heterocycles. The van der Waals surface area contributed by atoms with Crippen molar-refractivity contribution in [2.24, 2.45) is 0 Å². The molecule has 0 saturated heterocycles. The van der Waals surface area contributed by atoms with E-state index in [-0.39, 0.29) is 6.04 Å². The highest BCUT2D eigenvalue weighted by atomic mass is 35.5. The first-order valence-electron chi connectivity index (χ1n) is 7.35. The van der Waals surface area contributed by atoms with Crippen molar-refractivity contribution in [2.75, 3.05) is 7.11 Å². The minimum atomic E-state index is -0.402. The topological polar surface area (TPSA) is 49.0 Å². The van der Waals surface area contributed by atoms with Crippen molar-refractivity contribution in [3.8, 4) is 0 Å². The van der Waals surface area contributed by atoms with Crippen LogP contribution in [-0.2, 0) is 9.53 Å². The Hall–Kier alpha value is -2.79. The molecule has 1 atom stereocenters. The summed E-state index contributed by atoms with van der Waals surface area (Å²) >= 11 is 6.01. The highest BCUT2D eigenvalue weighted by molar-refractivity contribution is 6.30. The quantitative estimate of drug-likeness (QED) is 0.526. The van der Waals surface area contributed by atoms with Crippen molar-refractivity contribution < 1.29 is 9.53 Å². The number of hydrogen-bond acceptors (Lipinski definition) is 3. The minimum Gasteiger partial charge on any atom is -0.466 e. The Kier molecular flexibility index (Phi) is 4.82. The fourth-order valence-electron chi connectivity index (χ4n) is 2.55. The van der Waals surface area contributed by atoms with Crippen LogP contribution in [-0.4, -0.2) is 27.2 Å². The van der Waals surface area contributed by atoms with Crippen molar-refractivity contribution in [3.63, 3.8) is 0 Å². The van der Waals surface area contributed by atoms with E-state index < -0.39 is 5.97 Å². The number of methoxy groups -OCH3 is 1. The lowest BCUT2D eigenvalue weighted by atomic mass is 10.0. The largest absolute Gasteiger partial charge is 0.466 e. The maximum absolute atomic E-state index is 11.4. The third kappa shape index (κ3) is 3.41. The molecule has 0 N–H and O–H groups in total. The fraction of sp³-hybridized carbons (Fsp3) is 0.111. The Labute approximate surface area is 144 Å². The van der Waals surface area contributed by atoms with Gasteiger partial charge in [0.15, 0.2) is 0 Å². The molecule has 0 aliphatic heterocycles. The zero-order valence-electron chi connectivity index (χ0n) is 13.0. The molecule has 0 radical (unpaired) electrons. The van der Waals surface area contributed by atoms with Crippen LogP contribution in [0.2, 0.25) is 5.02 Å². The zero-order chi connectivity index (χ0) is 16.9. The summed E-state index contributed by atoms with van der Waals surface area (Å²) in [6, 6.07) is 11.5. The number of benzene rings is 1. The Morgan fingerprint density at radius 2 is 2.04 bits per heavy atom. The number of imidazole rings is 1. The minimum absolute atomic E-state index is 0.0953. The maximum atomic E-state index is 11.4. The van der Waals surface area contributed by atoms with Gasteiger partial charge in [-0.3, -0.25) is 0 Å². The molecule has 0 aliphatic carbocycles. The average Bonchev–Trinajstić information content (AvgIpc) is 3.27. The standard InChI is InChI=1S/C18H16ClN3O2/c1-24-17(23)8-11-21-10-2-3-16(21)18(22-12-9-20-13-22)14-4-6-15(19)7-5-14/h2-13,18H,1H3/b11-8+. The van der Waals surface area contributed by atoms with Crippen LogP contribution in [0.1, 0.15) is 17.3 Å². The monoisotopic (exact) mass is 341 g/mol. The van der Waals surface area contributed by atoms with E-state index in [1.54, 1.807) is 18.7 Å². The summed E-state index contributed by atoms with van der Waals surface area (Å²) in [7, 11) is 1.35. The van der Waals surface area contributed by atoms with Crippen LogP contribution in [0.5, 0.6) is 0 Å². The van der Waals surface area contributed by atoms with Gasteiger partial charge in [0.2, 0.25) is 0 Å². The highest BCUT2D eigenvalue weighted by Gasteiger charge is 2.18. The third-order valence-electron chi connectivity index (χ3n) is 3.67. The van der Waals surface area contributed by atoms with Gasteiger partial charge in [0.1, 0.15) is 6.04 Å². The lowest BCUT2D eigenvalue weighted by Gasteiger charge is -2.20. The second kappa shape index (κ2) is 7.19. The lowest BCUT2D eigenvalue weighted by Crippen LogP contribution is -2.13. The van der Waals surface area contributed by atoms with Gasteiger partial charge in [-0.05, 0) is 29.8 Å². The van der Waals surface area contributed by atoms with E-state index in [1.165, 1.54) is 13.2 Å². The molecule has 122 valence electrons. The number of rotatable bonds is 5. The first-order valence-corrected chi connectivity index (χ1v) is 7.72. The van der Waals surface area contributed by atoms with Gasteiger partial charge >= 0.3 is 5.97 Å². The van der Waals surface area contributed by atoms with Crippen molar-refractivity contribution in [1.29, 1.82) is 0 Å². The molecule has 3 rings (SSSR count). The molecule has 2 heterocycles. The van der Waals surface area contributed by atoms with E-state index in [4.69, 9.17) is 11.6 Å². The number of nitrogens with zero attached hydrogens (tertiary/aromatic N) is 3. The highest BCUT2D eigenvalue weighted by Crippen LogP contribution is 2.28. The summed E-state index contributed by atoms with van der Waals surface area (Å²) < 4.78 is 8.54. The number of carbonyl (C=O) groups is 1. The first kappa shape index (κ1) is 16.1. The van der Waals surface area contributed by atoms with Gasteiger partial charge < -0.3 is 13.9 Å². The van der Waals surface area contributed by atoms with E-state index in [9.17, 15) is 4.79 Å². The van der Waals surface area contributed by atoms with Crippen molar-refractivity contribution >= 4 is 23.8 Å². The van der Waals surface area contributed by atoms with E-state index >= 15 is 0 Å². The van der Waals surface area contributed by atoms with E-state index in [2.05, 4.69) is 9.72 Å². The van der Waals surface area contributed by atoms with E-state index in [0.29, 0.717) is 5.02 Å². The third-order valence-corrected chi connectivity index (χ3v) is 3.93. The van der Waals surface area contributed by atoms with Crippen molar-refractivity contribution in [3.05, 3.63) is 83.7 Å². The molecule has 1 unspecified atom stereocenters. The molecule has 24 heavy (non-hydrogen) atoms. The van der Waals surface area contributed by atoms with Crippen molar-refractivity contribution in [2.45, 2.75) is 6.04 Å². The molecule has 0 saturated carbocycles. The Bertz CT molecular complexity index is 836. The summed E-state index contributed by atoms with van der Waals surface area (Å²) in [5.41, 5.74) is 2.04. The number of esters is 1. The summed E-state index contributed by atoms with van der Waals surface area (Å²) in [6.45, 7) is 0. The first-order chi connectivity index (χ1) is 11.7. The fourth-order valence-corrected chi connectivity index (χ4v) is 2.67. The second-order valence-corrected chi connectivity index (χ2v) is 5.58. The molecule has 0 amide bonds. The molecule has 0 spiro atoms. The van der Waals surface area contributed by atoms with E-state index in [0.717, 1.165) is 11.3 Å². The second-order valence-electron chi connectivity index (χ2n) is 5.14. The predicted octanol–water partition coefficient (Wildman–Crippen LogP) is 3.62. The summed E-state index contributed by atoms with van der Waals surface area (Å²) in [5, 5.41) is 0.684. The van der Waals surface area contributed by atoms with Crippen LogP contribution < -0.4 is 0 Å². The normalized spacial score (nSPS) is 12.4. The van der Waals surface area contributed by atoms with Gasteiger partial charge in [-0.1, -0.05) is 23.7 Å². The smallest absolute Gasteiger partial charge is 0.331 e. The van der Waals surface area contributed by atoms with Gasteiger partial charge in [0.05, 0.1) is 13.4 Å². The maximum Gasteiger partial charge on any atom is 0.331 e. The number of ether oxygens (including phenoxy) is 1. The van der Waals surface area contributed by atoms with Crippen LogP contribution in [0.3, 0.4) is 0 Å². The molecule has 0 bridgehead atoms. The Morgan fingerprint density at radius 1 is 1.25 bits per heavy atom. The van der Waals surface area contributed by atoms with Crippen LogP contribution in [0.4, 0.5) is 0 Å². The summed E-state index contributed by atoms with van der Waals surface area (Å²) in [5.74, 6) is -0.402. The molecule has 5 nitrogen and oxygen atoms in total. The van der Waals surface area contributed by atoms with Gasteiger partial charge in [-0.2, -0.15) is 0 Å². The van der Waals surface area contributed by atoms with Crippen LogP contribution in [0.25, 0.3) is 6.20 Å². The van der Waals surface area contributed by atoms with Gasteiger partial charge in [0, 0.05) is 41.6 Å². The molecule has 6 heteroatoms. The number of hydrogen-bond donors (Lipinski definition) is 0. The molecule has 3 aromatic rings. The van der Waals surface area contributed by atoms with Crippen LogP contribution >= 0.6 is 11.6 Å². The SMILES string of the molecule is COC(=O)/C=C/n1cccc1C(c1ccc(Cl)cc1)n1ccnc1.